The van der Waals surface area contributed by atoms with Crippen LogP contribution in [-0.2, 0) is 4.79 Å². The van der Waals surface area contributed by atoms with Gasteiger partial charge in [-0.2, -0.15) is 0 Å². The van der Waals surface area contributed by atoms with Crippen molar-refractivity contribution in [3.05, 3.63) is 51.0 Å². The number of benzene rings is 2. The molecule has 3 rings (SSSR count). The molecule has 2 N–H and O–H groups in total. The van der Waals surface area contributed by atoms with Crippen molar-refractivity contribution < 1.29 is 14.7 Å². The van der Waals surface area contributed by atoms with Crippen LogP contribution in [0.2, 0.25) is 10.0 Å². The number of hydrogen-bond acceptors (Lipinski definition) is 4. The Morgan fingerprint density at radius 2 is 2.00 bits per heavy atom. The quantitative estimate of drug-likeness (QED) is 0.829. The fourth-order valence-corrected chi connectivity index (χ4v) is 3.94. The van der Waals surface area contributed by atoms with E-state index in [2.05, 4.69) is 5.32 Å². The van der Waals surface area contributed by atoms with Gasteiger partial charge in [0.25, 0.3) is 5.91 Å². The Balaban J connectivity index is 2.11. The largest absolute Gasteiger partial charge is 0.478 e. The molecule has 1 aliphatic rings. The number of carboxylic acid groups (broad SMARTS) is 1. The number of rotatable bonds is 3. The summed E-state index contributed by atoms with van der Waals surface area (Å²) in [6, 6.07) is 6.03. The number of anilines is 1. The summed E-state index contributed by atoms with van der Waals surface area (Å²) in [6.45, 7) is 0. The van der Waals surface area contributed by atoms with Gasteiger partial charge in [0.15, 0.2) is 0 Å². The zero-order chi connectivity index (χ0) is 17.4. The van der Waals surface area contributed by atoms with E-state index in [0.29, 0.717) is 38.1 Å². The molecule has 1 aliphatic heterocycles. The summed E-state index contributed by atoms with van der Waals surface area (Å²) >= 11 is 13.8. The smallest absolute Gasteiger partial charge is 0.335 e. The first-order chi connectivity index (χ1) is 11.4. The standard InChI is InChI=1S/C16H12Cl2N2O3S/c1-20-7-24-6-13(20)15(21)19-12-4-9(16(22)23)2-8-3-10(17)5-11(18)14(8)12/h2-6H,7H2,1H3,(H,19,21)(H,22,23). The highest BCUT2D eigenvalue weighted by molar-refractivity contribution is 8.02. The molecule has 0 radical (unpaired) electrons. The van der Waals surface area contributed by atoms with Crippen LogP contribution in [-0.4, -0.2) is 34.8 Å². The summed E-state index contributed by atoms with van der Waals surface area (Å²) in [6.07, 6.45) is 0. The average molecular weight is 383 g/mol. The van der Waals surface area contributed by atoms with Gasteiger partial charge in [-0.05, 0) is 29.7 Å². The van der Waals surface area contributed by atoms with Crippen LogP contribution in [0.25, 0.3) is 10.8 Å². The molecule has 0 unspecified atom stereocenters. The van der Waals surface area contributed by atoms with E-state index >= 15 is 0 Å². The van der Waals surface area contributed by atoms with Crippen LogP contribution in [0.1, 0.15) is 10.4 Å². The normalized spacial score (nSPS) is 14.0. The van der Waals surface area contributed by atoms with Gasteiger partial charge in [0.2, 0.25) is 0 Å². The van der Waals surface area contributed by atoms with Gasteiger partial charge in [0.05, 0.1) is 22.2 Å². The number of thioether (sulfide) groups is 1. The lowest BCUT2D eigenvalue weighted by Crippen LogP contribution is -2.24. The maximum atomic E-state index is 12.5. The first-order valence-corrected chi connectivity index (χ1v) is 8.67. The third kappa shape index (κ3) is 3.17. The van der Waals surface area contributed by atoms with Crippen molar-refractivity contribution >= 4 is 63.3 Å². The van der Waals surface area contributed by atoms with Gasteiger partial charge in [0.1, 0.15) is 5.70 Å². The molecule has 2 aromatic rings. The zero-order valence-electron chi connectivity index (χ0n) is 12.5. The Bertz CT molecular complexity index is 899. The van der Waals surface area contributed by atoms with Gasteiger partial charge >= 0.3 is 5.97 Å². The number of nitrogens with one attached hydrogen (secondary N) is 1. The van der Waals surface area contributed by atoms with E-state index in [9.17, 15) is 14.7 Å². The van der Waals surface area contributed by atoms with Crippen LogP contribution in [0.4, 0.5) is 5.69 Å². The topological polar surface area (TPSA) is 69.6 Å². The highest BCUT2D eigenvalue weighted by Gasteiger charge is 2.21. The fraction of sp³-hybridized carbons (Fsp3) is 0.125. The van der Waals surface area contributed by atoms with E-state index in [0.717, 1.165) is 0 Å². The lowest BCUT2D eigenvalue weighted by molar-refractivity contribution is -0.114. The Morgan fingerprint density at radius 3 is 2.62 bits per heavy atom. The molecule has 8 heteroatoms. The molecule has 0 aliphatic carbocycles. The lowest BCUT2D eigenvalue weighted by Gasteiger charge is -2.16. The summed E-state index contributed by atoms with van der Waals surface area (Å²) in [7, 11) is 1.81. The molecule has 0 aromatic heterocycles. The number of carboxylic acids is 1. The second-order valence-corrected chi connectivity index (χ2v) is 6.94. The van der Waals surface area contributed by atoms with Crippen molar-refractivity contribution in [1.82, 2.24) is 4.90 Å². The lowest BCUT2D eigenvalue weighted by atomic mass is 10.0. The number of likely N-dealkylation sites (N-methyl/N-ethyl adjacent to an activating group) is 1. The minimum atomic E-state index is -1.10. The maximum absolute atomic E-state index is 12.5. The van der Waals surface area contributed by atoms with Gasteiger partial charge in [-0.25, -0.2) is 4.79 Å². The van der Waals surface area contributed by atoms with Crippen LogP contribution in [0.5, 0.6) is 0 Å². The van der Waals surface area contributed by atoms with Crippen LogP contribution >= 0.6 is 35.0 Å². The minimum absolute atomic E-state index is 0.0410. The van der Waals surface area contributed by atoms with E-state index in [1.54, 1.807) is 17.5 Å². The van der Waals surface area contributed by atoms with Gasteiger partial charge < -0.3 is 15.3 Å². The molecule has 1 heterocycles. The molecular weight excluding hydrogens is 371 g/mol. The summed E-state index contributed by atoms with van der Waals surface area (Å²) in [5.41, 5.74) is 0.890. The van der Waals surface area contributed by atoms with Crippen molar-refractivity contribution in [2.24, 2.45) is 0 Å². The highest BCUT2D eigenvalue weighted by Crippen LogP contribution is 2.35. The van der Waals surface area contributed by atoms with Crippen LogP contribution in [0, 0.1) is 0 Å². The van der Waals surface area contributed by atoms with Crippen molar-refractivity contribution in [3.8, 4) is 0 Å². The molecule has 0 saturated heterocycles. The van der Waals surface area contributed by atoms with E-state index in [1.165, 1.54) is 23.9 Å². The second-order valence-electron chi connectivity index (χ2n) is 5.27. The molecular formula is C16H12Cl2N2O3S. The van der Waals surface area contributed by atoms with E-state index in [1.807, 2.05) is 11.9 Å². The van der Waals surface area contributed by atoms with E-state index in [4.69, 9.17) is 23.2 Å². The van der Waals surface area contributed by atoms with Crippen molar-refractivity contribution in [1.29, 1.82) is 0 Å². The number of carbonyl (C=O) groups excluding carboxylic acids is 1. The summed E-state index contributed by atoms with van der Waals surface area (Å²) < 4.78 is 0. The number of halogens is 2. The highest BCUT2D eigenvalue weighted by atomic mass is 35.5. The number of aromatic carboxylic acids is 1. The monoisotopic (exact) mass is 382 g/mol. The molecule has 0 spiro atoms. The Labute approximate surface area is 152 Å². The van der Waals surface area contributed by atoms with Gasteiger partial charge in [-0.15, -0.1) is 11.8 Å². The van der Waals surface area contributed by atoms with Crippen molar-refractivity contribution in [3.63, 3.8) is 0 Å². The van der Waals surface area contributed by atoms with Gasteiger partial charge in [0, 0.05) is 22.9 Å². The van der Waals surface area contributed by atoms with Crippen LogP contribution < -0.4 is 5.32 Å². The van der Waals surface area contributed by atoms with E-state index in [-0.39, 0.29) is 11.5 Å². The SMILES string of the molecule is CN1CSC=C1C(=O)Nc1cc(C(=O)O)cc2cc(Cl)cc(Cl)c12. The van der Waals surface area contributed by atoms with Gasteiger partial charge in [-0.1, -0.05) is 23.2 Å². The van der Waals surface area contributed by atoms with Crippen molar-refractivity contribution in [2.75, 3.05) is 18.2 Å². The summed E-state index contributed by atoms with van der Waals surface area (Å²) in [5, 5.41) is 15.6. The Kier molecular flexibility index (Phi) is 4.62. The fourth-order valence-electron chi connectivity index (χ4n) is 2.45. The molecule has 24 heavy (non-hydrogen) atoms. The maximum Gasteiger partial charge on any atom is 0.335 e. The van der Waals surface area contributed by atoms with E-state index < -0.39 is 5.97 Å². The molecule has 0 fully saturated rings. The third-order valence-corrected chi connectivity index (χ3v) is 5.01. The van der Waals surface area contributed by atoms with Crippen LogP contribution in [0.15, 0.2) is 35.4 Å². The number of hydrogen-bond donors (Lipinski definition) is 2. The number of nitrogens with zero attached hydrogens (tertiary/aromatic N) is 1. The number of carbonyl (C=O) groups is 2. The Hall–Kier alpha value is -1.89. The summed E-state index contributed by atoms with van der Waals surface area (Å²) in [5.74, 6) is -0.733. The molecule has 0 atom stereocenters. The van der Waals surface area contributed by atoms with Crippen LogP contribution in [0.3, 0.4) is 0 Å². The first-order valence-electron chi connectivity index (χ1n) is 6.87. The Morgan fingerprint density at radius 1 is 1.25 bits per heavy atom. The predicted molar refractivity (Wildman–Crippen MR) is 97.9 cm³/mol. The summed E-state index contributed by atoms with van der Waals surface area (Å²) in [4.78, 5) is 25.6. The van der Waals surface area contributed by atoms with Crippen molar-refractivity contribution in [2.45, 2.75) is 0 Å². The minimum Gasteiger partial charge on any atom is -0.478 e. The third-order valence-electron chi connectivity index (χ3n) is 3.57. The molecule has 5 nitrogen and oxygen atoms in total. The first kappa shape index (κ1) is 17.0. The average Bonchev–Trinajstić information content (AvgIpc) is 2.92. The number of amides is 1. The predicted octanol–water partition coefficient (Wildman–Crippen LogP) is 4.26. The molecule has 0 bridgehead atoms. The molecule has 124 valence electrons. The zero-order valence-corrected chi connectivity index (χ0v) is 14.8. The second kappa shape index (κ2) is 6.55. The molecule has 2 aromatic carbocycles. The molecule has 0 saturated carbocycles. The van der Waals surface area contributed by atoms with Gasteiger partial charge in [-0.3, -0.25) is 4.79 Å². The number of fused-ring (bicyclic) bond motifs is 1. The molecule has 1 amide bonds.